The first kappa shape index (κ1) is 11.4. The summed E-state index contributed by atoms with van der Waals surface area (Å²) in [6.07, 6.45) is 0. The van der Waals surface area contributed by atoms with Crippen LogP contribution in [-0.4, -0.2) is 15.4 Å². The lowest BCUT2D eigenvalue weighted by Crippen LogP contribution is -2.02. The second-order valence-electron chi connectivity index (χ2n) is 3.92. The molecule has 5 heteroatoms. The number of rotatable bonds is 3. The molecule has 16 heavy (non-hydrogen) atoms. The third-order valence-electron chi connectivity index (χ3n) is 2.26. The van der Waals surface area contributed by atoms with Gasteiger partial charge in [0.25, 0.3) is 0 Å². The van der Waals surface area contributed by atoms with Crippen molar-refractivity contribution in [2.45, 2.75) is 26.7 Å². The molecule has 0 amide bonds. The number of thiophene rings is 1. The Morgan fingerprint density at radius 3 is 2.75 bits per heavy atom. The summed E-state index contributed by atoms with van der Waals surface area (Å²) in [5, 5.41) is 5.91. The van der Waals surface area contributed by atoms with Gasteiger partial charge in [-0.2, -0.15) is 0 Å². The van der Waals surface area contributed by atoms with Gasteiger partial charge in [-0.1, -0.05) is 18.3 Å². The van der Waals surface area contributed by atoms with Gasteiger partial charge in [0.05, 0.1) is 5.69 Å². The average molecular weight is 252 g/mol. The van der Waals surface area contributed by atoms with Gasteiger partial charge in [-0.25, -0.2) is 0 Å². The van der Waals surface area contributed by atoms with E-state index in [0.717, 1.165) is 16.1 Å². The second-order valence-corrected chi connectivity index (χ2v) is 5.79. The van der Waals surface area contributed by atoms with Crippen LogP contribution in [0.4, 0.5) is 0 Å². The molecular formula is C11H12N2OS2. The highest BCUT2D eigenvalue weighted by Gasteiger charge is 2.20. The topological polar surface area (TPSA) is 42.9 Å². The Labute approximate surface area is 102 Å². The summed E-state index contributed by atoms with van der Waals surface area (Å²) in [5.41, 5.74) is 1.55. The van der Waals surface area contributed by atoms with Crippen LogP contribution in [0.3, 0.4) is 0 Å². The maximum atomic E-state index is 12.2. The SMILES string of the molecule is Cc1cc(C(=O)c2snnc2C(C)C)cs1. The Balaban J connectivity index is 2.38. The van der Waals surface area contributed by atoms with Crippen LogP contribution >= 0.6 is 22.9 Å². The van der Waals surface area contributed by atoms with Crippen molar-refractivity contribution in [2.75, 3.05) is 0 Å². The van der Waals surface area contributed by atoms with Crippen molar-refractivity contribution in [3.63, 3.8) is 0 Å². The minimum atomic E-state index is 0.0445. The summed E-state index contributed by atoms with van der Waals surface area (Å²) in [5.74, 6) is 0.278. The Morgan fingerprint density at radius 2 is 2.19 bits per heavy atom. The molecule has 2 aromatic rings. The fraction of sp³-hybridized carbons (Fsp3) is 0.364. The number of nitrogens with zero attached hydrogens (tertiary/aromatic N) is 2. The average Bonchev–Trinajstić information content (AvgIpc) is 2.84. The van der Waals surface area contributed by atoms with E-state index < -0.39 is 0 Å². The van der Waals surface area contributed by atoms with Gasteiger partial charge in [0.2, 0.25) is 5.78 Å². The molecule has 0 fully saturated rings. The lowest BCUT2D eigenvalue weighted by atomic mass is 10.1. The normalized spacial score (nSPS) is 11.0. The zero-order valence-corrected chi connectivity index (χ0v) is 11.0. The maximum absolute atomic E-state index is 12.2. The predicted molar refractivity (Wildman–Crippen MR) is 66.5 cm³/mol. The number of aryl methyl sites for hydroxylation is 1. The highest BCUT2D eigenvalue weighted by molar-refractivity contribution is 7.10. The summed E-state index contributed by atoms with van der Waals surface area (Å²) >= 11 is 2.77. The van der Waals surface area contributed by atoms with E-state index in [1.54, 1.807) is 11.3 Å². The van der Waals surface area contributed by atoms with Gasteiger partial charge >= 0.3 is 0 Å². The molecule has 3 nitrogen and oxygen atoms in total. The van der Waals surface area contributed by atoms with Gasteiger partial charge in [0.15, 0.2) is 0 Å². The van der Waals surface area contributed by atoms with Crippen molar-refractivity contribution < 1.29 is 4.79 Å². The monoisotopic (exact) mass is 252 g/mol. The van der Waals surface area contributed by atoms with Crippen LogP contribution in [0, 0.1) is 6.92 Å². The molecule has 0 aliphatic heterocycles. The van der Waals surface area contributed by atoms with E-state index in [4.69, 9.17) is 0 Å². The van der Waals surface area contributed by atoms with E-state index in [0.29, 0.717) is 4.88 Å². The predicted octanol–water partition coefficient (Wildman–Crippen LogP) is 3.26. The molecule has 0 aliphatic carbocycles. The van der Waals surface area contributed by atoms with E-state index in [9.17, 15) is 4.79 Å². The van der Waals surface area contributed by atoms with E-state index in [2.05, 4.69) is 9.59 Å². The Kier molecular flexibility index (Phi) is 3.16. The molecular weight excluding hydrogens is 240 g/mol. The zero-order chi connectivity index (χ0) is 11.7. The number of carbonyl (C=O) groups is 1. The standard InChI is InChI=1S/C11H12N2OS2/c1-6(2)9-11(16-13-12-9)10(14)8-4-7(3)15-5-8/h4-6H,1-3H3. The van der Waals surface area contributed by atoms with Gasteiger partial charge in [0, 0.05) is 15.8 Å². The van der Waals surface area contributed by atoms with Crippen LogP contribution in [0.2, 0.25) is 0 Å². The molecule has 0 N–H and O–H groups in total. The largest absolute Gasteiger partial charge is 0.288 e. The molecule has 0 spiro atoms. The molecule has 0 saturated heterocycles. The van der Waals surface area contributed by atoms with Gasteiger partial charge < -0.3 is 0 Å². The van der Waals surface area contributed by atoms with E-state index in [-0.39, 0.29) is 11.7 Å². The van der Waals surface area contributed by atoms with Gasteiger partial charge in [-0.15, -0.1) is 16.4 Å². The molecule has 84 valence electrons. The molecule has 0 atom stereocenters. The molecule has 0 aliphatic rings. The summed E-state index contributed by atoms with van der Waals surface area (Å²) in [6, 6.07) is 1.91. The summed E-state index contributed by atoms with van der Waals surface area (Å²) < 4.78 is 3.87. The minimum Gasteiger partial charge on any atom is -0.288 e. The van der Waals surface area contributed by atoms with Crippen LogP contribution < -0.4 is 0 Å². The Hall–Kier alpha value is -1.07. The van der Waals surface area contributed by atoms with Gasteiger partial charge in [-0.05, 0) is 30.4 Å². The maximum Gasteiger partial charge on any atom is 0.207 e. The Bertz CT molecular complexity index is 514. The second kappa shape index (κ2) is 4.43. The number of aromatic nitrogens is 2. The number of hydrogen-bond donors (Lipinski definition) is 0. The molecule has 2 aromatic heterocycles. The zero-order valence-electron chi connectivity index (χ0n) is 9.35. The van der Waals surface area contributed by atoms with Crippen molar-refractivity contribution >= 4 is 28.7 Å². The first-order chi connectivity index (χ1) is 7.59. The van der Waals surface area contributed by atoms with Crippen LogP contribution in [0.5, 0.6) is 0 Å². The minimum absolute atomic E-state index is 0.0445. The summed E-state index contributed by atoms with van der Waals surface area (Å²) in [4.78, 5) is 14.0. The third kappa shape index (κ3) is 2.05. The van der Waals surface area contributed by atoms with Gasteiger partial charge in [-0.3, -0.25) is 4.79 Å². The van der Waals surface area contributed by atoms with E-state index >= 15 is 0 Å². The Morgan fingerprint density at radius 1 is 1.44 bits per heavy atom. The molecule has 0 unspecified atom stereocenters. The van der Waals surface area contributed by atoms with Crippen molar-refractivity contribution in [1.82, 2.24) is 9.59 Å². The molecule has 0 bridgehead atoms. The molecule has 0 radical (unpaired) electrons. The number of carbonyl (C=O) groups excluding carboxylic acids is 1. The quantitative estimate of drug-likeness (QED) is 0.787. The van der Waals surface area contributed by atoms with Crippen LogP contribution in [0.1, 0.15) is 45.6 Å². The lowest BCUT2D eigenvalue weighted by Gasteiger charge is -2.01. The molecule has 0 saturated carbocycles. The van der Waals surface area contributed by atoms with Crippen LogP contribution in [0.15, 0.2) is 11.4 Å². The molecule has 2 heterocycles. The smallest absolute Gasteiger partial charge is 0.207 e. The first-order valence-electron chi connectivity index (χ1n) is 5.01. The third-order valence-corrected chi connectivity index (χ3v) is 3.86. The first-order valence-corrected chi connectivity index (χ1v) is 6.67. The van der Waals surface area contributed by atoms with E-state index in [1.165, 1.54) is 11.5 Å². The highest BCUT2D eigenvalue weighted by Crippen LogP contribution is 2.24. The van der Waals surface area contributed by atoms with Crippen LogP contribution in [-0.2, 0) is 0 Å². The highest BCUT2D eigenvalue weighted by atomic mass is 32.1. The van der Waals surface area contributed by atoms with Crippen molar-refractivity contribution in [3.05, 3.63) is 32.5 Å². The summed E-state index contributed by atoms with van der Waals surface area (Å²) in [6.45, 7) is 6.04. The van der Waals surface area contributed by atoms with Crippen molar-refractivity contribution in [2.24, 2.45) is 0 Å². The molecule has 2 rings (SSSR count). The van der Waals surface area contributed by atoms with Crippen molar-refractivity contribution in [3.8, 4) is 0 Å². The summed E-state index contributed by atoms with van der Waals surface area (Å²) in [7, 11) is 0. The van der Waals surface area contributed by atoms with Crippen LogP contribution in [0.25, 0.3) is 0 Å². The number of hydrogen-bond acceptors (Lipinski definition) is 5. The lowest BCUT2D eigenvalue weighted by molar-refractivity contribution is 0.104. The number of ketones is 1. The van der Waals surface area contributed by atoms with Crippen molar-refractivity contribution in [1.29, 1.82) is 0 Å². The van der Waals surface area contributed by atoms with Gasteiger partial charge in [0.1, 0.15) is 4.88 Å². The van der Waals surface area contributed by atoms with E-state index in [1.807, 2.05) is 32.2 Å². The molecule has 0 aromatic carbocycles. The fourth-order valence-corrected chi connectivity index (χ4v) is 2.89. The fourth-order valence-electron chi connectivity index (χ4n) is 1.43.